The SMILES string of the molecule is CC(C)(C(=O)Nc1ccc(Cl)c(Cl)c1)C(=O)N1CCN(C=O)CC1. The number of hydrogen-bond acceptors (Lipinski definition) is 3. The van der Waals surface area contributed by atoms with Crippen molar-refractivity contribution in [2.75, 3.05) is 31.5 Å². The Morgan fingerprint density at radius 3 is 2.29 bits per heavy atom. The van der Waals surface area contributed by atoms with Crippen LogP contribution in [0.5, 0.6) is 0 Å². The lowest BCUT2D eigenvalue weighted by molar-refractivity contribution is -0.148. The summed E-state index contributed by atoms with van der Waals surface area (Å²) in [6.45, 7) is 4.93. The van der Waals surface area contributed by atoms with Crippen LogP contribution in [0.2, 0.25) is 10.0 Å². The number of carbonyl (C=O) groups excluding carboxylic acids is 3. The highest BCUT2D eigenvalue weighted by Crippen LogP contribution is 2.27. The summed E-state index contributed by atoms with van der Waals surface area (Å²) in [6.07, 6.45) is 0.768. The predicted molar refractivity (Wildman–Crippen MR) is 93.1 cm³/mol. The highest BCUT2D eigenvalue weighted by Gasteiger charge is 2.40. The third-order valence-electron chi connectivity index (χ3n) is 4.03. The number of carbonyl (C=O) groups is 3. The molecule has 1 aromatic carbocycles. The lowest BCUT2D eigenvalue weighted by Crippen LogP contribution is -2.54. The molecule has 0 aromatic heterocycles. The van der Waals surface area contributed by atoms with Crippen molar-refractivity contribution < 1.29 is 14.4 Å². The van der Waals surface area contributed by atoms with Gasteiger partial charge in [-0.2, -0.15) is 0 Å². The second-order valence-corrected chi connectivity index (χ2v) is 6.96. The van der Waals surface area contributed by atoms with Crippen LogP contribution in [-0.2, 0) is 14.4 Å². The van der Waals surface area contributed by atoms with Crippen molar-refractivity contribution in [3.63, 3.8) is 0 Å². The molecule has 3 amide bonds. The zero-order chi connectivity index (χ0) is 17.9. The van der Waals surface area contributed by atoms with Crippen molar-refractivity contribution in [3.05, 3.63) is 28.2 Å². The minimum atomic E-state index is -1.24. The van der Waals surface area contributed by atoms with E-state index in [9.17, 15) is 14.4 Å². The van der Waals surface area contributed by atoms with Gasteiger partial charge in [-0.25, -0.2) is 0 Å². The van der Waals surface area contributed by atoms with Gasteiger partial charge in [-0.1, -0.05) is 23.2 Å². The first-order valence-corrected chi connectivity index (χ1v) is 8.26. The minimum Gasteiger partial charge on any atom is -0.342 e. The Morgan fingerprint density at radius 2 is 1.75 bits per heavy atom. The fraction of sp³-hybridized carbons (Fsp3) is 0.438. The summed E-state index contributed by atoms with van der Waals surface area (Å²) in [5.74, 6) is -0.700. The van der Waals surface area contributed by atoms with E-state index >= 15 is 0 Å². The Bertz CT molecular complexity index is 656. The summed E-state index contributed by atoms with van der Waals surface area (Å²) in [7, 11) is 0. The van der Waals surface area contributed by atoms with Gasteiger partial charge in [0.25, 0.3) is 0 Å². The number of rotatable bonds is 4. The fourth-order valence-electron chi connectivity index (χ4n) is 2.38. The molecule has 1 saturated heterocycles. The van der Waals surface area contributed by atoms with E-state index in [4.69, 9.17) is 23.2 Å². The molecule has 1 aromatic rings. The molecule has 24 heavy (non-hydrogen) atoms. The van der Waals surface area contributed by atoms with Gasteiger partial charge in [-0.15, -0.1) is 0 Å². The van der Waals surface area contributed by atoms with Gasteiger partial charge < -0.3 is 15.1 Å². The summed E-state index contributed by atoms with van der Waals surface area (Å²) in [4.78, 5) is 39.2. The maximum atomic E-state index is 12.7. The van der Waals surface area contributed by atoms with Crippen LogP contribution in [0.3, 0.4) is 0 Å². The lowest BCUT2D eigenvalue weighted by atomic mass is 9.89. The average molecular weight is 372 g/mol. The Hall–Kier alpha value is -1.79. The zero-order valence-corrected chi connectivity index (χ0v) is 15.0. The topological polar surface area (TPSA) is 69.7 Å². The summed E-state index contributed by atoms with van der Waals surface area (Å²) < 4.78 is 0. The molecule has 1 heterocycles. The summed E-state index contributed by atoms with van der Waals surface area (Å²) in [5, 5.41) is 3.40. The molecule has 1 aliphatic rings. The van der Waals surface area contributed by atoms with E-state index in [1.807, 2.05) is 0 Å². The van der Waals surface area contributed by atoms with E-state index in [2.05, 4.69) is 5.32 Å². The number of amides is 3. The van der Waals surface area contributed by atoms with Gasteiger partial charge in [0, 0.05) is 31.9 Å². The van der Waals surface area contributed by atoms with Gasteiger partial charge in [-0.3, -0.25) is 14.4 Å². The monoisotopic (exact) mass is 371 g/mol. The fourth-order valence-corrected chi connectivity index (χ4v) is 2.68. The first-order valence-electron chi connectivity index (χ1n) is 7.51. The number of halogens is 2. The lowest BCUT2D eigenvalue weighted by Gasteiger charge is -2.36. The van der Waals surface area contributed by atoms with Gasteiger partial charge in [0.15, 0.2) is 0 Å². The van der Waals surface area contributed by atoms with Gasteiger partial charge in [-0.05, 0) is 32.0 Å². The molecule has 0 atom stereocenters. The number of piperazine rings is 1. The first-order chi connectivity index (χ1) is 11.3. The molecule has 0 saturated carbocycles. The van der Waals surface area contributed by atoms with Crippen LogP contribution >= 0.6 is 23.2 Å². The Labute approximate surface area is 150 Å². The number of hydrogen-bond donors (Lipinski definition) is 1. The van der Waals surface area contributed by atoms with Gasteiger partial charge in [0.2, 0.25) is 18.2 Å². The van der Waals surface area contributed by atoms with Crippen LogP contribution in [0.4, 0.5) is 5.69 Å². The minimum absolute atomic E-state index is 0.273. The summed E-state index contributed by atoms with van der Waals surface area (Å²) in [5.41, 5.74) is -0.767. The molecule has 0 bridgehead atoms. The molecular formula is C16H19Cl2N3O3. The number of benzene rings is 1. The van der Waals surface area contributed by atoms with Gasteiger partial charge in [0.05, 0.1) is 10.0 Å². The quantitative estimate of drug-likeness (QED) is 0.651. The molecule has 6 nitrogen and oxygen atoms in total. The zero-order valence-electron chi connectivity index (χ0n) is 13.5. The highest BCUT2D eigenvalue weighted by atomic mass is 35.5. The first kappa shape index (κ1) is 18.5. The highest BCUT2D eigenvalue weighted by molar-refractivity contribution is 6.42. The summed E-state index contributed by atoms with van der Waals surface area (Å²) >= 11 is 11.8. The van der Waals surface area contributed by atoms with Gasteiger partial charge in [0.1, 0.15) is 5.41 Å². The largest absolute Gasteiger partial charge is 0.342 e. The Morgan fingerprint density at radius 1 is 1.12 bits per heavy atom. The maximum absolute atomic E-state index is 12.7. The van der Waals surface area contributed by atoms with Crippen molar-refractivity contribution in [2.45, 2.75) is 13.8 Å². The number of anilines is 1. The van der Waals surface area contributed by atoms with Crippen molar-refractivity contribution in [1.29, 1.82) is 0 Å². The van der Waals surface area contributed by atoms with E-state index in [1.54, 1.807) is 35.8 Å². The molecule has 0 radical (unpaired) electrons. The third-order valence-corrected chi connectivity index (χ3v) is 4.77. The molecule has 8 heteroatoms. The van der Waals surface area contributed by atoms with E-state index in [0.29, 0.717) is 41.9 Å². The Balaban J connectivity index is 2.05. The van der Waals surface area contributed by atoms with Crippen LogP contribution in [0.15, 0.2) is 18.2 Å². The van der Waals surface area contributed by atoms with E-state index in [1.165, 1.54) is 6.07 Å². The summed E-state index contributed by atoms with van der Waals surface area (Å²) in [6, 6.07) is 4.73. The van der Waals surface area contributed by atoms with Crippen molar-refractivity contribution >= 4 is 47.1 Å². The van der Waals surface area contributed by atoms with Crippen LogP contribution < -0.4 is 5.32 Å². The molecule has 0 aliphatic carbocycles. The Kier molecular flexibility index (Phi) is 5.72. The molecule has 1 fully saturated rings. The van der Waals surface area contributed by atoms with Crippen LogP contribution in [0, 0.1) is 5.41 Å². The van der Waals surface area contributed by atoms with Crippen LogP contribution in [0.1, 0.15) is 13.8 Å². The standard InChI is InChI=1S/C16H19Cl2N3O3/c1-16(2,15(24)21-7-5-20(10-22)6-8-21)14(23)19-11-3-4-12(17)13(18)9-11/h3-4,9-10H,5-8H2,1-2H3,(H,19,23). The van der Waals surface area contributed by atoms with E-state index < -0.39 is 11.3 Å². The molecule has 1 N–H and O–H groups in total. The van der Waals surface area contributed by atoms with Crippen molar-refractivity contribution in [2.24, 2.45) is 5.41 Å². The van der Waals surface area contributed by atoms with Crippen molar-refractivity contribution in [1.82, 2.24) is 9.80 Å². The third kappa shape index (κ3) is 3.99. The van der Waals surface area contributed by atoms with Crippen molar-refractivity contribution in [3.8, 4) is 0 Å². The second-order valence-electron chi connectivity index (χ2n) is 6.14. The maximum Gasteiger partial charge on any atom is 0.239 e. The molecule has 130 valence electrons. The smallest absolute Gasteiger partial charge is 0.239 e. The van der Waals surface area contributed by atoms with E-state index in [0.717, 1.165) is 6.41 Å². The molecule has 0 spiro atoms. The van der Waals surface area contributed by atoms with E-state index in [-0.39, 0.29) is 5.91 Å². The normalized spacial score (nSPS) is 15.2. The second kappa shape index (κ2) is 7.40. The molecule has 2 rings (SSSR count). The molecule has 0 unspecified atom stereocenters. The number of nitrogens with one attached hydrogen (secondary N) is 1. The molecule has 1 aliphatic heterocycles. The van der Waals surface area contributed by atoms with Crippen LogP contribution in [-0.4, -0.2) is 54.2 Å². The van der Waals surface area contributed by atoms with Crippen LogP contribution in [0.25, 0.3) is 0 Å². The number of nitrogens with zero attached hydrogens (tertiary/aromatic N) is 2. The predicted octanol–water partition coefficient (Wildman–Crippen LogP) is 2.26. The average Bonchev–Trinajstić information content (AvgIpc) is 2.57. The molecular weight excluding hydrogens is 353 g/mol. The van der Waals surface area contributed by atoms with Gasteiger partial charge >= 0.3 is 0 Å².